The topological polar surface area (TPSA) is 94.0 Å². The van der Waals surface area contributed by atoms with Crippen molar-refractivity contribution in [2.24, 2.45) is 11.8 Å². The minimum absolute atomic E-state index is 0.0117. The number of aromatic nitrogens is 2. The second-order valence-electron chi connectivity index (χ2n) is 14.6. The molecule has 2 aromatic heterocycles. The van der Waals surface area contributed by atoms with E-state index in [9.17, 15) is 10.1 Å². The van der Waals surface area contributed by atoms with Crippen LogP contribution in [0, 0.1) is 35.9 Å². The van der Waals surface area contributed by atoms with E-state index >= 15 is 4.39 Å². The molecule has 0 radical (unpaired) electrons. The number of nitriles is 1. The molecule has 0 spiro atoms. The smallest absolute Gasteiger partial charge is 0.226 e. The van der Waals surface area contributed by atoms with Gasteiger partial charge in [-0.2, -0.15) is 5.26 Å². The van der Waals surface area contributed by atoms with E-state index in [1.165, 1.54) is 45.1 Å². The molecule has 1 unspecified atom stereocenters. The number of hydrogen-bond acceptors (Lipinski definition) is 5. The molecule has 4 aromatic rings. The van der Waals surface area contributed by atoms with Crippen LogP contribution in [0.15, 0.2) is 30.3 Å². The van der Waals surface area contributed by atoms with Crippen LogP contribution >= 0.6 is 23.2 Å². The number of pyridine rings is 1. The van der Waals surface area contributed by atoms with Gasteiger partial charge in [0.25, 0.3) is 0 Å². The van der Waals surface area contributed by atoms with Crippen LogP contribution in [-0.4, -0.2) is 53.1 Å². The number of fused-ring (bicyclic) bond motifs is 4. The lowest BCUT2D eigenvalue weighted by molar-refractivity contribution is -0.133. The number of ether oxygens (including phenoxy) is 1. The zero-order chi connectivity index (χ0) is 34.9. The van der Waals surface area contributed by atoms with Crippen LogP contribution < -0.4 is 5.32 Å². The highest BCUT2D eigenvalue weighted by Gasteiger charge is 2.39. The number of nitrogens with one attached hydrogen (secondary N) is 2. The van der Waals surface area contributed by atoms with Gasteiger partial charge < -0.3 is 19.9 Å². The van der Waals surface area contributed by atoms with E-state index in [0.29, 0.717) is 45.3 Å². The Morgan fingerprint density at radius 3 is 2.50 bits per heavy atom. The molecule has 5 heterocycles. The van der Waals surface area contributed by atoms with Crippen LogP contribution in [0.3, 0.4) is 0 Å². The highest BCUT2D eigenvalue weighted by atomic mass is 35.5. The normalized spacial score (nSPS) is 22.6. The number of nitrogens with zero attached hydrogens (tertiary/aromatic N) is 3. The SMILES string of the molecule is C1NC2CC1C2.COC1CCCC1.Cc1nc2c(F)c(-c3cccc(Cl)c3Cl)c(CCC#N)cc2c2[nH]c(C3CCCN3C(=O)C3CC3)cc12. The number of benzene rings is 2. The van der Waals surface area contributed by atoms with Crippen molar-refractivity contribution in [3.63, 3.8) is 0 Å². The number of methoxy groups -OCH3 is 1. The molecule has 3 saturated carbocycles. The van der Waals surface area contributed by atoms with Crippen molar-refractivity contribution in [3.05, 3.63) is 63.1 Å². The predicted octanol–water partition coefficient (Wildman–Crippen LogP) is 9.61. The minimum Gasteiger partial charge on any atom is -0.381 e. The lowest BCUT2D eigenvalue weighted by Gasteiger charge is -2.24. The van der Waals surface area contributed by atoms with E-state index < -0.39 is 5.82 Å². The fourth-order valence-electron chi connectivity index (χ4n) is 8.19. The molecular weight excluding hydrogens is 672 g/mol. The van der Waals surface area contributed by atoms with Gasteiger partial charge in [-0.1, -0.05) is 48.2 Å². The van der Waals surface area contributed by atoms with Gasteiger partial charge in [-0.15, -0.1) is 0 Å². The monoisotopic (exact) mass is 717 g/mol. The zero-order valence-corrected chi connectivity index (χ0v) is 30.5. The van der Waals surface area contributed by atoms with E-state index in [-0.39, 0.29) is 34.8 Å². The average molecular weight is 719 g/mol. The summed E-state index contributed by atoms with van der Waals surface area (Å²) in [5, 5.41) is 14.8. The Kier molecular flexibility index (Phi) is 10.7. The van der Waals surface area contributed by atoms with Crippen LogP contribution in [-0.2, 0) is 16.0 Å². The Morgan fingerprint density at radius 2 is 1.88 bits per heavy atom. The fourth-order valence-corrected chi connectivity index (χ4v) is 8.59. The molecule has 1 amide bonds. The van der Waals surface area contributed by atoms with Crippen molar-refractivity contribution >= 4 is 50.9 Å². The number of halogens is 3. The highest BCUT2D eigenvalue weighted by Crippen LogP contribution is 2.43. The maximum Gasteiger partial charge on any atom is 0.226 e. The van der Waals surface area contributed by atoms with E-state index in [1.54, 1.807) is 25.3 Å². The third kappa shape index (κ3) is 7.12. The molecule has 264 valence electrons. The summed E-state index contributed by atoms with van der Waals surface area (Å²) in [6.45, 7) is 3.95. The van der Waals surface area contributed by atoms with Gasteiger partial charge in [-0.3, -0.25) is 4.79 Å². The zero-order valence-electron chi connectivity index (χ0n) is 29.0. The summed E-state index contributed by atoms with van der Waals surface area (Å²) in [4.78, 5) is 23.1. The number of carbonyl (C=O) groups excluding carboxylic acids is 1. The third-order valence-corrected chi connectivity index (χ3v) is 12.0. The van der Waals surface area contributed by atoms with Crippen LogP contribution in [0.25, 0.3) is 32.9 Å². The quantitative estimate of drug-likeness (QED) is 0.207. The summed E-state index contributed by atoms with van der Waals surface area (Å²) in [5.41, 5.74) is 4.17. The second-order valence-corrected chi connectivity index (χ2v) is 15.4. The van der Waals surface area contributed by atoms with Crippen molar-refractivity contribution in [1.29, 1.82) is 5.26 Å². The minimum atomic E-state index is -0.484. The van der Waals surface area contributed by atoms with Crippen molar-refractivity contribution in [2.45, 2.75) is 102 Å². The van der Waals surface area contributed by atoms with Gasteiger partial charge in [0.2, 0.25) is 5.91 Å². The van der Waals surface area contributed by atoms with Crippen LogP contribution in [0.4, 0.5) is 4.39 Å². The van der Waals surface area contributed by atoms with E-state index in [2.05, 4.69) is 27.4 Å². The number of likely N-dealkylation sites (tertiary alicyclic amines) is 1. The summed E-state index contributed by atoms with van der Waals surface area (Å²) in [5.74, 6) is 1.01. The maximum absolute atomic E-state index is 16.3. The molecule has 50 heavy (non-hydrogen) atoms. The van der Waals surface area contributed by atoms with Crippen molar-refractivity contribution in [2.75, 3.05) is 20.2 Å². The Labute approximate surface area is 303 Å². The maximum atomic E-state index is 16.3. The summed E-state index contributed by atoms with van der Waals surface area (Å²) in [6.07, 6.45) is 13.3. The fraction of sp³-hybridized carbons (Fsp3) is 0.525. The summed E-state index contributed by atoms with van der Waals surface area (Å²) < 4.78 is 21.4. The molecule has 1 atom stereocenters. The molecule has 6 aliphatic rings. The standard InChI is InChI=1S/C29H25Cl2FN4O.C6H12O.C5H9N/c1-15-19-14-22(23-8-4-12-36(23)29(37)16-9-10-16)35-27(19)20-13-17(5-3-11-33)24(26(32)28(20)34-15)18-6-2-7-21(30)25(18)31;1-7-6-4-2-3-5-6;1-4-2-5(1)6-3-4/h2,6-7,13-14,16,23,35H,3-5,8-10,12H2,1H3;6H,2-5H2,1H3;4-6H,1-3H2. The van der Waals surface area contributed by atoms with Crippen molar-refractivity contribution in [1.82, 2.24) is 20.2 Å². The van der Waals surface area contributed by atoms with Gasteiger partial charge in [-0.25, -0.2) is 9.37 Å². The first kappa shape index (κ1) is 35.2. The number of aromatic amines is 1. The van der Waals surface area contributed by atoms with Gasteiger partial charge in [0, 0.05) is 65.3 Å². The summed E-state index contributed by atoms with van der Waals surface area (Å²) >= 11 is 12.8. The van der Waals surface area contributed by atoms with Crippen LogP contribution in [0.5, 0.6) is 0 Å². The number of hydrogen-bond donors (Lipinski definition) is 2. The molecule has 10 heteroatoms. The first-order valence-corrected chi connectivity index (χ1v) is 19.0. The van der Waals surface area contributed by atoms with Crippen molar-refractivity contribution < 1.29 is 13.9 Å². The van der Waals surface area contributed by atoms with E-state index in [1.807, 2.05) is 17.9 Å². The molecule has 6 fully saturated rings. The molecule has 2 N–H and O–H groups in total. The Hall–Kier alpha value is -3.22. The van der Waals surface area contributed by atoms with E-state index in [0.717, 1.165) is 60.8 Å². The number of carbonyl (C=O) groups is 1. The highest BCUT2D eigenvalue weighted by molar-refractivity contribution is 6.43. The first-order chi connectivity index (χ1) is 24.3. The molecule has 10 rings (SSSR count). The van der Waals surface area contributed by atoms with Gasteiger partial charge >= 0.3 is 0 Å². The summed E-state index contributed by atoms with van der Waals surface area (Å²) in [7, 11) is 1.80. The largest absolute Gasteiger partial charge is 0.381 e. The Morgan fingerprint density at radius 1 is 1.10 bits per heavy atom. The van der Waals surface area contributed by atoms with Gasteiger partial charge in [0.1, 0.15) is 5.52 Å². The lowest BCUT2D eigenvalue weighted by Crippen LogP contribution is -2.31. The number of rotatable bonds is 6. The Bertz CT molecular complexity index is 1910. The second kappa shape index (κ2) is 15.2. The number of H-pyrrole nitrogens is 1. The van der Waals surface area contributed by atoms with E-state index in [4.69, 9.17) is 27.9 Å². The predicted molar refractivity (Wildman–Crippen MR) is 198 cm³/mol. The molecule has 3 saturated heterocycles. The molecule has 3 aliphatic carbocycles. The molecule has 3 aliphatic heterocycles. The van der Waals surface area contributed by atoms with Gasteiger partial charge in [-0.05, 0) is 101 Å². The van der Waals surface area contributed by atoms with Crippen LogP contribution in [0.2, 0.25) is 10.0 Å². The lowest BCUT2D eigenvalue weighted by atomic mass is 9.87. The molecule has 7 nitrogen and oxygen atoms in total. The third-order valence-electron chi connectivity index (χ3n) is 11.2. The summed E-state index contributed by atoms with van der Waals surface area (Å²) in [6, 6.07) is 12.2. The van der Waals surface area contributed by atoms with Gasteiger partial charge in [0.05, 0.1) is 33.8 Å². The number of aryl methyl sites for hydroxylation is 2. The molecule has 2 bridgehead atoms. The number of amides is 1. The van der Waals surface area contributed by atoms with Gasteiger partial charge in [0.15, 0.2) is 5.82 Å². The Balaban J connectivity index is 0.000000249. The first-order valence-electron chi connectivity index (χ1n) is 18.3. The van der Waals surface area contributed by atoms with Crippen molar-refractivity contribution in [3.8, 4) is 17.2 Å². The average Bonchev–Trinajstić information content (AvgIpc) is 3.71. The van der Waals surface area contributed by atoms with Crippen LogP contribution in [0.1, 0.15) is 93.6 Å². The molecular formula is C40H46Cl2FN5O2. The molecule has 2 aromatic carbocycles.